The van der Waals surface area contributed by atoms with Crippen molar-refractivity contribution in [1.82, 2.24) is 14.6 Å². The van der Waals surface area contributed by atoms with Crippen LogP contribution in [0.5, 0.6) is 5.75 Å². The van der Waals surface area contributed by atoms with Crippen LogP contribution in [0.25, 0.3) is 5.65 Å². The van der Waals surface area contributed by atoms with Crippen molar-refractivity contribution in [3.05, 3.63) is 54.0 Å². The number of para-hydroxylation sites is 1. The van der Waals surface area contributed by atoms with E-state index in [2.05, 4.69) is 10.1 Å². The van der Waals surface area contributed by atoms with E-state index in [4.69, 9.17) is 10.5 Å². The Bertz CT molecular complexity index is 706. The van der Waals surface area contributed by atoms with E-state index in [1.165, 1.54) is 0 Å². The van der Waals surface area contributed by atoms with Crippen LogP contribution in [0.3, 0.4) is 0 Å². The Morgan fingerprint density at radius 3 is 2.79 bits per heavy atom. The molecule has 2 heterocycles. The van der Waals surface area contributed by atoms with Crippen LogP contribution in [0.2, 0.25) is 0 Å². The molecule has 0 fully saturated rings. The number of nitrogen functional groups attached to an aromatic ring is 1. The monoisotopic (exact) mass is 254 g/mol. The molecule has 0 spiro atoms. The lowest BCUT2D eigenvalue weighted by Gasteiger charge is -2.01. The standard InChI is InChI=1S/C14H14N4O/c1-10-7-8-18-14(13(10)15)16-12(17-18)9-19-11-5-3-2-4-6-11/h2-8H,9,15H2,1H3. The molecule has 5 nitrogen and oxygen atoms in total. The number of hydrogen-bond donors (Lipinski definition) is 1. The molecule has 2 aromatic heterocycles. The van der Waals surface area contributed by atoms with E-state index in [1.807, 2.05) is 49.5 Å². The first-order chi connectivity index (χ1) is 9.24. The second-order valence-electron chi connectivity index (χ2n) is 4.31. The molecular weight excluding hydrogens is 240 g/mol. The highest BCUT2D eigenvalue weighted by molar-refractivity contribution is 5.67. The number of rotatable bonds is 3. The molecule has 5 heteroatoms. The Labute approximate surface area is 110 Å². The minimum Gasteiger partial charge on any atom is -0.486 e. The van der Waals surface area contributed by atoms with Gasteiger partial charge in [-0.25, -0.2) is 9.50 Å². The minimum absolute atomic E-state index is 0.324. The Hall–Kier alpha value is -2.56. The zero-order chi connectivity index (χ0) is 13.2. The van der Waals surface area contributed by atoms with E-state index in [-0.39, 0.29) is 0 Å². The van der Waals surface area contributed by atoms with Gasteiger partial charge < -0.3 is 10.5 Å². The summed E-state index contributed by atoms with van der Waals surface area (Å²) in [6.45, 7) is 2.27. The summed E-state index contributed by atoms with van der Waals surface area (Å²) in [5.41, 5.74) is 8.30. The van der Waals surface area contributed by atoms with Gasteiger partial charge in [0.05, 0.1) is 5.69 Å². The van der Waals surface area contributed by atoms with Gasteiger partial charge in [-0.1, -0.05) is 18.2 Å². The first-order valence-corrected chi connectivity index (χ1v) is 6.02. The summed E-state index contributed by atoms with van der Waals surface area (Å²) in [7, 11) is 0. The van der Waals surface area contributed by atoms with Crippen molar-refractivity contribution in [3.63, 3.8) is 0 Å². The number of pyridine rings is 1. The molecule has 0 bridgehead atoms. The van der Waals surface area contributed by atoms with Crippen molar-refractivity contribution in [2.75, 3.05) is 5.73 Å². The fourth-order valence-electron chi connectivity index (χ4n) is 1.83. The first kappa shape index (κ1) is 11.5. The SMILES string of the molecule is Cc1ccn2nc(COc3ccccc3)nc2c1N. The van der Waals surface area contributed by atoms with Gasteiger partial charge in [0.15, 0.2) is 11.5 Å². The zero-order valence-corrected chi connectivity index (χ0v) is 10.6. The van der Waals surface area contributed by atoms with E-state index < -0.39 is 0 Å². The minimum atomic E-state index is 0.324. The summed E-state index contributed by atoms with van der Waals surface area (Å²) in [5, 5.41) is 4.33. The molecule has 1 aromatic carbocycles. The topological polar surface area (TPSA) is 65.4 Å². The van der Waals surface area contributed by atoms with Gasteiger partial charge in [0.25, 0.3) is 0 Å². The lowest BCUT2D eigenvalue weighted by atomic mass is 10.2. The molecule has 0 aliphatic carbocycles. The van der Waals surface area contributed by atoms with Gasteiger partial charge in [-0.3, -0.25) is 0 Å². The predicted octanol–water partition coefficient (Wildman–Crippen LogP) is 2.20. The Balaban J connectivity index is 1.84. The third-order valence-electron chi connectivity index (χ3n) is 2.92. The summed E-state index contributed by atoms with van der Waals surface area (Å²) < 4.78 is 7.29. The summed E-state index contributed by atoms with van der Waals surface area (Å²) in [4.78, 5) is 4.39. The van der Waals surface area contributed by atoms with E-state index in [0.29, 0.717) is 23.8 Å². The van der Waals surface area contributed by atoms with Gasteiger partial charge in [0, 0.05) is 6.20 Å². The molecule has 96 valence electrons. The predicted molar refractivity (Wildman–Crippen MR) is 72.9 cm³/mol. The smallest absolute Gasteiger partial charge is 0.189 e. The maximum absolute atomic E-state index is 5.97. The summed E-state index contributed by atoms with van der Waals surface area (Å²) in [6, 6.07) is 11.5. The normalized spacial score (nSPS) is 10.8. The summed E-state index contributed by atoms with van der Waals surface area (Å²) in [5.74, 6) is 1.41. The number of aromatic nitrogens is 3. The van der Waals surface area contributed by atoms with Crippen molar-refractivity contribution in [2.24, 2.45) is 0 Å². The molecule has 2 N–H and O–H groups in total. The number of anilines is 1. The van der Waals surface area contributed by atoms with Crippen LogP contribution in [0, 0.1) is 6.92 Å². The summed E-state index contributed by atoms with van der Waals surface area (Å²) in [6.07, 6.45) is 1.85. The molecule has 0 atom stereocenters. The van der Waals surface area contributed by atoms with Gasteiger partial charge in [-0.2, -0.15) is 0 Å². The van der Waals surface area contributed by atoms with Crippen LogP contribution in [0.15, 0.2) is 42.6 Å². The fraction of sp³-hybridized carbons (Fsp3) is 0.143. The highest BCUT2D eigenvalue weighted by Gasteiger charge is 2.08. The van der Waals surface area contributed by atoms with Gasteiger partial charge in [-0.05, 0) is 30.7 Å². The van der Waals surface area contributed by atoms with Crippen LogP contribution in [-0.2, 0) is 6.61 Å². The molecule has 3 aromatic rings. The lowest BCUT2D eigenvalue weighted by Crippen LogP contribution is -1.97. The summed E-state index contributed by atoms with van der Waals surface area (Å²) >= 11 is 0. The number of nitrogens with two attached hydrogens (primary N) is 1. The van der Waals surface area contributed by atoms with Crippen LogP contribution < -0.4 is 10.5 Å². The van der Waals surface area contributed by atoms with Gasteiger partial charge in [0.1, 0.15) is 12.4 Å². The first-order valence-electron chi connectivity index (χ1n) is 6.02. The molecule has 0 aliphatic rings. The fourth-order valence-corrected chi connectivity index (χ4v) is 1.83. The van der Waals surface area contributed by atoms with Crippen LogP contribution >= 0.6 is 0 Å². The van der Waals surface area contributed by atoms with E-state index >= 15 is 0 Å². The molecule has 0 saturated carbocycles. The van der Waals surface area contributed by atoms with Crippen molar-refractivity contribution >= 4 is 11.3 Å². The molecule has 0 unspecified atom stereocenters. The molecular formula is C14H14N4O. The molecule has 19 heavy (non-hydrogen) atoms. The zero-order valence-electron chi connectivity index (χ0n) is 10.6. The number of ether oxygens (including phenoxy) is 1. The molecule has 0 aliphatic heterocycles. The van der Waals surface area contributed by atoms with E-state index in [9.17, 15) is 0 Å². The second-order valence-corrected chi connectivity index (χ2v) is 4.31. The Morgan fingerprint density at radius 1 is 1.21 bits per heavy atom. The highest BCUT2D eigenvalue weighted by Crippen LogP contribution is 2.16. The van der Waals surface area contributed by atoms with Gasteiger partial charge in [0.2, 0.25) is 0 Å². The molecule has 0 amide bonds. The van der Waals surface area contributed by atoms with Gasteiger partial charge in [-0.15, -0.1) is 5.10 Å². The highest BCUT2D eigenvalue weighted by atomic mass is 16.5. The van der Waals surface area contributed by atoms with Crippen LogP contribution in [-0.4, -0.2) is 14.6 Å². The number of aryl methyl sites for hydroxylation is 1. The van der Waals surface area contributed by atoms with Crippen LogP contribution in [0.4, 0.5) is 5.69 Å². The Morgan fingerprint density at radius 2 is 2.00 bits per heavy atom. The van der Waals surface area contributed by atoms with Gasteiger partial charge >= 0.3 is 0 Å². The molecule has 3 rings (SSSR count). The Kier molecular flexibility index (Phi) is 2.79. The number of hydrogen-bond acceptors (Lipinski definition) is 4. The van der Waals surface area contributed by atoms with E-state index in [1.54, 1.807) is 4.52 Å². The average molecular weight is 254 g/mol. The van der Waals surface area contributed by atoms with Crippen molar-refractivity contribution in [2.45, 2.75) is 13.5 Å². The third kappa shape index (κ3) is 2.22. The maximum Gasteiger partial charge on any atom is 0.189 e. The number of fused-ring (bicyclic) bond motifs is 1. The second kappa shape index (κ2) is 4.61. The maximum atomic E-state index is 5.97. The van der Waals surface area contributed by atoms with Crippen molar-refractivity contribution in [3.8, 4) is 5.75 Å². The third-order valence-corrected chi connectivity index (χ3v) is 2.92. The lowest BCUT2D eigenvalue weighted by molar-refractivity contribution is 0.296. The van der Waals surface area contributed by atoms with Crippen LogP contribution in [0.1, 0.15) is 11.4 Å². The largest absolute Gasteiger partial charge is 0.486 e. The molecule has 0 radical (unpaired) electrons. The molecule has 0 saturated heterocycles. The van der Waals surface area contributed by atoms with Crippen molar-refractivity contribution in [1.29, 1.82) is 0 Å². The number of benzene rings is 1. The number of nitrogens with zero attached hydrogens (tertiary/aromatic N) is 3. The average Bonchev–Trinajstić information content (AvgIpc) is 2.86. The quantitative estimate of drug-likeness (QED) is 0.778. The van der Waals surface area contributed by atoms with E-state index in [0.717, 1.165) is 11.3 Å². The van der Waals surface area contributed by atoms with Crippen molar-refractivity contribution < 1.29 is 4.74 Å².